The lowest BCUT2D eigenvalue weighted by Gasteiger charge is -2.35. The van der Waals surface area contributed by atoms with Crippen LogP contribution in [-0.2, 0) is 0 Å². The predicted octanol–water partition coefficient (Wildman–Crippen LogP) is 2.87. The maximum absolute atomic E-state index is 6.24. The molecule has 1 saturated heterocycles. The number of nitrogens with zero attached hydrogens (tertiary/aromatic N) is 1. The Kier molecular flexibility index (Phi) is 3.85. The van der Waals surface area contributed by atoms with Gasteiger partial charge in [-0.05, 0) is 51.3 Å². The second-order valence-corrected chi connectivity index (χ2v) is 5.39. The molecule has 0 aromatic heterocycles. The summed E-state index contributed by atoms with van der Waals surface area (Å²) in [5.74, 6) is 0. The summed E-state index contributed by atoms with van der Waals surface area (Å²) in [4.78, 5) is 2.58. The van der Waals surface area contributed by atoms with Crippen molar-refractivity contribution in [3.63, 3.8) is 0 Å². The Labute approximate surface area is 105 Å². The van der Waals surface area contributed by atoms with E-state index in [-0.39, 0.29) is 6.04 Å². The zero-order valence-corrected chi connectivity index (χ0v) is 11.2. The first-order valence-electron chi connectivity index (χ1n) is 6.68. The molecule has 0 aliphatic carbocycles. The van der Waals surface area contributed by atoms with Gasteiger partial charge in [0.25, 0.3) is 0 Å². The van der Waals surface area contributed by atoms with E-state index in [1.807, 2.05) is 0 Å². The normalized spacial score (nSPS) is 24.8. The van der Waals surface area contributed by atoms with Gasteiger partial charge in [-0.1, -0.05) is 24.3 Å². The van der Waals surface area contributed by atoms with Crippen LogP contribution in [0.3, 0.4) is 0 Å². The van der Waals surface area contributed by atoms with Gasteiger partial charge in [-0.3, -0.25) is 4.90 Å². The molecular weight excluding hydrogens is 208 g/mol. The summed E-state index contributed by atoms with van der Waals surface area (Å²) in [5.41, 5.74) is 8.99. The Morgan fingerprint density at radius 2 is 2.06 bits per heavy atom. The Morgan fingerprint density at radius 1 is 1.35 bits per heavy atom. The van der Waals surface area contributed by atoms with E-state index in [4.69, 9.17) is 5.73 Å². The minimum atomic E-state index is 0.177. The smallest absolute Gasteiger partial charge is 0.0501 e. The fourth-order valence-corrected chi connectivity index (χ4v) is 3.05. The Bertz CT molecular complexity index is 373. The molecule has 0 amide bonds. The largest absolute Gasteiger partial charge is 0.326 e. The topological polar surface area (TPSA) is 29.3 Å². The van der Waals surface area contributed by atoms with Crippen LogP contribution in [0.2, 0.25) is 0 Å². The first-order chi connectivity index (χ1) is 8.11. The van der Waals surface area contributed by atoms with E-state index in [1.54, 1.807) is 0 Å². The lowest BCUT2D eigenvalue weighted by Crippen LogP contribution is -2.41. The molecule has 17 heavy (non-hydrogen) atoms. The van der Waals surface area contributed by atoms with Crippen LogP contribution in [0.4, 0.5) is 0 Å². The van der Waals surface area contributed by atoms with Crippen molar-refractivity contribution in [3.8, 4) is 0 Å². The fourth-order valence-electron chi connectivity index (χ4n) is 3.05. The molecule has 2 N–H and O–H groups in total. The molecular formula is C15H24N2. The zero-order chi connectivity index (χ0) is 12.4. The molecule has 1 aliphatic heterocycles. The van der Waals surface area contributed by atoms with E-state index in [0.29, 0.717) is 12.1 Å². The fraction of sp³-hybridized carbons (Fsp3) is 0.600. The molecule has 3 atom stereocenters. The molecule has 1 aromatic rings. The van der Waals surface area contributed by atoms with Crippen LogP contribution in [0.5, 0.6) is 0 Å². The lowest BCUT2D eigenvalue weighted by molar-refractivity contribution is 0.170. The molecule has 0 radical (unpaired) electrons. The number of aryl methyl sites for hydroxylation is 1. The second-order valence-electron chi connectivity index (χ2n) is 5.39. The van der Waals surface area contributed by atoms with Gasteiger partial charge in [0.1, 0.15) is 0 Å². The van der Waals surface area contributed by atoms with Crippen LogP contribution in [0.25, 0.3) is 0 Å². The second kappa shape index (κ2) is 5.19. The Hall–Kier alpha value is -0.860. The number of hydrogen-bond donors (Lipinski definition) is 1. The van der Waals surface area contributed by atoms with Crippen LogP contribution in [0.1, 0.15) is 43.9 Å². The van der Waals surface area contributed by atoms with E-state index < -0.39 is 0 Å². The predicted molar refractivity (Wildman–Crippen MR) is 73.0 cm³/mol. The van der Waals surface area contributed by atoms with Gasteiger partial charge in [0.05, 0.1) is 6.04 Å². The summed E-state index contributed by atoms with van der Waals surface area (Å²) in [6.45, 7) is 7.82. The van der Waals surface area contributed by atoms with Gasteiger partial charge >= 0.3 is 0 Å². The highest BCUT2D eigenvalue weighted by Gasteiger charge is 2.31. The summed E-state index contributed by atoms with van der Waals surface area (Å²) in [6, 6.07) is 9.85. The molecule has 94 valence electrons. The van der Waals surface area contributed by atoms with Crippen molar-refractivity contribution in [1.82, 2.24) is 4.90 Å². The van der Waals surface area contributed by atoms with E-state index >= 15 is 0 Å². The van der Waals surface area contributed by atoms with Crippen molar-refractivity contribution < 1.29 is 0 Å². The van der Waals surface area contributed by atoms with E-state index in [2.05, 4.69) is 49.9 Å². The van der Waals surface area contributed by atoms with Gasteiger partial charge in [-0.15, -0.1) is 0 Å². The van der Waals surface area contributed by atoms with Crippen LogP contribution in [-0.4, -0.2) is 23.5 Å². The van der Waals surface area contributed by atoms with Crippen molar-refractivity contribution in [2.45, 2.75) is 51.7 Å². The molecule has 1 aliphatic rings. The number of benzene rings is 1. The third-order valence-corrected chi connectivity index (χ3v) is 3.97. The molecule has 1 fully saturated rings. The average molecular weight is 232 g/mol. The molecule has 2 nitrogen and oxygen atoms in total. The summed E-state index contributed by atoms with van der Waals surface area (Å²) in [5, 5.41) is 0. The molecule has 3 unspecified atom stereocenters. The number of rotatable bonds is 3. The van der Waals surface area contributed by atoms with Crippen LogP contribution in [0.15, 0.2) is 24.3 Å². The lowest BCUT2D eigenvalue weighted by atomic mass is 9.94. The Balaban J connectivity index is 2.32. The summed E-state index contributed by atoms with van der Waals surface area (Å²) in [7, 11) is 0. The van der Waals surface area contributed by atoms with Gasteiger partial charge in [0.15, 0.2) is 0 Å². The number of likely N-dealkylation sites (tertiary alicyclic amines) is 1. The Morgan fingerprint density at radius 3 is 2.59 bits per heavy atom. The monoisotopic (exact) mass is 232 g/mol. The molecule has 0 spiro atoms. The summed E-state index contributed by atoms with van der Waals surface area (Å²) < 4.78 is 0. The summed E-state index contributed by atoms with van der Waals surface area (Å²) in [6.07, 6.45) is 2.60. The zero-order valence-electron chi connectivity index (χ0n) is 11.2. The third-order valence-electron chi connectivity index (χ3n) is 3.97. The average Bonchev–Trinajstić information content (AvgIpc) is 2.68. The standard InChI is InChI=1S/C15H24N2/c1-11-7-4-5-9-14(11)15(13(3)16)17-10-6-8-12(17)2/h4-5,7,9,12-13,15H,6,8,10,16H2,1-3H3. The molecule has 1 aromatic carbocycles. The third kappa shape index (κ3) is 2.53. The van der Waals surface area contributed by atoms with Gasteiger partial charge in [-0.25, -0.2) is 0 Å². The van der Waals surface area contributed by atoms with Crippen LogP contribution >= 0.6 is 0 Å². The first kappa shape index (κ1) is 12.6. The van der Waals surface area contributed by atoms with Gasteiger partial charge in [0, 0.05) is 12.1 Å². The molecule has 2 rings (SSSR count). The van der Waals surface area contributed by atoms with E-state index in [0.717, 1.165) is 0 Å². The minimum absolute atomic E-state index is 0.177. The van der Waals surface area contributed by atoms with Crippen LogP contribution in [0, 0.1) is 6.92 Å². The molecule has 0 saturated carbocycles. The highest BCUT2D eigenvalue weighted by Crippen LogP contribution is 2.32. The quantitative estimate of drug-likeness (QED) is 0.868. The molecule has 0 bridgehead atoms. The van der Waals surface area contributed by atoms with Crippen molar-refractivity contribution in [3.05, 3.63) is 35.4 Å². The minimum Gasteiger partial charge on any atom is -0.326 e. The SMILES string of the molecule is Cc1ccccc1C(C(C)N)N1CCCC1C. The van der Waals surface area contributed by atoms with Gasteiger partial charge in [0.2, 0.25) is 0 Å². The highest BCUT2D eigenvalue weighted by molar-refractivity contribution is 5.30. The maximum atomic E-state index is 6.24. The highest BCUT2D eigenvalue weighted by atomic mass is 15.2. The summed E-state index contributed by atoms with van der Waals surface area (Å²) >= 11 is 0. The van der Waals surface area contributed by atoms with Crippen molar-refractivity contribution in [1.29, 1.82) is 0 Å². The van der Waals surface area contributed by atoms with Gasteiger partial charge in [-0.2, -0.15) is 0 Å². The van der Waals surface area contributed by atoms with E-state index in [9.17, 15) is 0 Å². The van der Waals surface area contributed by atoms with Crippen LogP contribution < -0.4 is 5.73 Å². The van der Waals surface area contributed by atoms with E-state index in [1.165, 1.54) is 30.5 Å². The number of nitrogens with two attached hydrogens (primary N) is 1. The molecule has 1 heterocycles. The first-order valence-corrected chi connectivity index (χ1v) is 6.68. The van der Waals surface area contributed by atoms with Crippen molar-refractivity contribution in [2.24, 2.45) is 5.73 Å². The maximum Gasteiger partial charge on any atom is 0.0501 e. The van der Waals surface area contributed by atoms with Crippen molar-refractivity contribution >= 4 is 0 Å². The van der Waals surface area contributed by atoms with Gasteiger partial charge < -0.3 is 5.73 Å². The number of hydrogen-bond acceptors (Lipinski definition) is 2. The molecule has 2 heteroatoms. The van der Waals surface area contributed by atoms with Crippen molar-refractivity contribution in [2.75, 3.05) is 6.54 Å².